The average molecular weight is 369 g/mol. The Morgan fingerprint density at radius 1 is 1.32 bits per heavy atom. The summed E-state index contributed by atoms with van der Waals surface area (Å²) in [7, 11) is -0.124. The molecule has 1 aromatic rings. The fourth-order valence-electron chi connectivity index (χ4n) is 2.77. The molecule has 1 atom stereocenters. The molecule has 0 saturated carbocycles. The summed E-state index contributed by atoms with van der Waals surface area (Å²) in [6, 6.07) is 7.51. The molecule has 0 bridgehead atoms. The highest BCUT2D eigenvalue weighted by atomic mass is 32.2. The first kappa shape index (κ1) is 19.7. The second-order valence-corrected chi connectivity index (χ2v) is 8.39. The predicted octanol–water partition coefficient (Wildman–Crippen LogP) is 0.970. The lowest BCUT2D eigenvalue weighted by Crippen LogP contribution is -2.45. The number of hydrogen-bond acceptors (Lipinski definition) is 4. The van der Waals surface area contributed by atoms with E-state index in [0.717, 1.165) is 30.6 Å². The van der Waals surface area contributed by atoms with Gasteiger partial charge in [0.15, 0.2) is 5.96 Å². The third kappa shape index (κ3) is 6.30. The molecule has 1 aliphatic heterocycles. The van der Waals surface area contributed by atoms with E-state index in [4.69, 9.17) is 4.74 Å². The molecule has 7 nitrogen and oxygen atoms in total. The Bertz CT molecular complexity index is 698. The lowest BCUT2D eigenvalue weighted by atomic mass is 10.0. The summed E-state index contributed by atoms with van der Waals surface area (Å²) in [5.74, 6) is 0.671. The van der Waals surface area contributed by atoms with Crippen molar-refractivity contribution < 1.29 is 13.2 Å². The van der Waals surface area contributed by atoms with Crippen LogP contribution in [-0.4, -0.2) is 47.2 Å². The van der Waals surface area contributed by atoms with Gasteiger partial charge in [0.05, 0.1) is 11.4 Å². The molecule has 140 valence electrons. The van der Waals surface area contributed by atoms with Gasteiger partial charge in [-0.3, -0.25) is 4.99 Å². The smallest absolute Gasteiger partial charge is 0.215 e. The molecule has 3 N–H and O–H groups in total. The van der Waals surface area contributed by atoms with Crippen LogP contribution in [0.1, 0.15) is 30.9 Å². The van der Waals surface area contributed by atoms with Crippen LogP contribution >= 0.6 is 0 Å². The SMILES string of the molecule is CN=C(NCc1cccc(CS(=O)(=O)NC)c1)NCC1(C)CCCO1. The van der Waals surface area contributed by atoms with E-state index < -0.39 is 10.0 Å². The number of sulfonamides is 1. The molecule has 0 amide bonds. The van der Waals surface area contributed by atoms with Gasteiger partial charge < -0.3 is 15.4 Å². The van der Waals surface area contributed by atoms with Crippen molar-refractivity contribution in [3.63, 3.8) is 0 Å². The van der Waals surface area contributed by atoms with Crippen LogP contribution in [0.3, 0.4) is 0 Å². The van der Waals surface area contributed by atoms with Gasteiger partial charge >= 0.3 is 0 Å². The Hall–Kier alpha value is -1.64. The highest BCUT2D eigenvalue weighted by Gasteiger charge is 2.29. The highest BCUT2D eigenvalue weighted by Crippen LogP contribution is 2.23. The van der Waals surface area contributed by atoms with Crippen LogP contribution in [0.4, 0.5) is 0 Å². The highest BCUT2D eigenvalue weighted by molar-refractivity contribution is 7.88. The second-order valence-electron chi connectivity index (χ2n) is 6.46. The Balaban J connectivity index is 1.88. The third-order valence-electron chi connectivity index (χ3n) is 4.27. The molecule has 0 spiro atoms. The number of ether oxygens (including phenoxy) is 1. The van der Waals surface area contributed by atoms with Crippen LogP contribution in [0.2, 0.25) is 0 Å². The molecule has 0 aliphatic carbocycles. The Morgan fingerprint density at radius 2 is 2.08 bits per heavy atom. The van der Waals surface area contributed by atoms with Crippen LogP contribution in [0.15, 0.2) is 29.3 Å². The summed E-state index contributed by atoms with van der Waals surface area (Å²) in [4.78, 5) is 4.22. The van der Waals surface area contributed by atoms with Crippen LogP contribution in [0.25, 0.3) is 0 Å². The van der Waals surface area contributed by atoms with Gasteiger partial charge in [0.1, 0.15) is 0 Å². The summed E-state index contributed by atoms with van der Waals surface area (Å²) in [5, 5.41) is 6.54. The topological polar surface area (TPSA) is 91.8 Å². The summed E-state index contributed by atoms with van der Waals surface area (Å²) < 4.78 is 31.4. The molecule has 0 radical (unpaired) electrons. The third-order valence-corrected chi connectivity index (χ3v) is 5.61. The number of aliphatic imine (C=N–C) groups is 1. The molecular weight excluding hydrogens is 340 g/mol. The minimum absolute atomic E-state index is 0.0278. The molecule has 1 heterocycles. The number of nitrogens with zero attached hydrogens (tertiary/aromatic N) is 1. The summed E-state index contributed by atoms with van der Waals surface area (Å²) in [5.41, 5.74) is 1.61. The summed E-state index contributed by atoms with van der Waals surface area (Å²) in [6.45, 7) is 4.18. The van der Waals surface area contributed by atoms with Gasteiger partial charge in [0.25, 0.3) is 0 Å². The van der Waals surface area contributed by atoms with E-state index in [0.29, 0.717) is 19.0 Å². The van der Waals surface area contributed by atoms with E-state index in [1.54, 1.807) is 7.05 Å². The van der Waals surface area contributed by atoms with Crippen LogP contribution in [-0.2, 0) is 27.1 Å². The molecule has 1 fully saturated rings. The second kappa shape index (κ2) is 8.64. The van der Waals surface area contributed by atoms with Crippen LogP contribution in [0, 0.1) is 0 Å². The zero-order chi connectivity index (χ0) is 18.3. The van der Waals surface area contributed by atoms with Crippen LogP contribution < -0.4 is 15.4 Å². The Kier molecular flexibility index (Phi) is 6.80. The van der Waals surface area contributed by atoms with E-state index in [1.807, 2.05) is 24.3 Å². The van der Waals surface area contributed by atoms with Gasteiger partial charge in [0, 0.05) is 26.7 Å². The van der Waals surface area contributed by atoms with E-state index in [-0.39, 0.29) is 11.4 Å². The first-order chi connectivity index (χ1) is 11.9. The monoisotopic (exact) mass is 368 g/mol. The van der Waals surface area contributed by atoms with Crippen molar-refractivity contribution in [2.75, 3.05) is 27.2 Å². The molecule has 1 aromatic carbocycles. The molecule has 0 aromatic heterocycles. The molecule has 1 aliphatic rings. The van der Waals surface area contributed by atoms with Crippen molar-refractivity contribution in [1.29, 1.82) is 0 Å². The number of nitrogens with one attached hydrogen (secondary N) is 3. The van der Waals surface area contributed by atoms with E-state index in [2.05, 4.69) is 27.3 Å². The summed E-state index contributed by atoms with van der Waals surface area (Å²) >= 11 is 0. The maximum Gasteiger partial charge on any atom is 0.215 e. The maximum atomic E-state index is 11.7. The van der Waals surface area contributed by atoms with Crippen molar-refractivity contribution in [2.45, 2.75) is 37.7 Å². The van der Waals surface area contributed by atoms with Gasteiger partial charge in [0.2, 0.25) is 10.0 Å². The van der Waals surface area contributed by atoms with Gasteiger partial charge in [-0.25, -0.2) is 13.1 Å². The molecule has 2 rings (SSSR count). The quantitative estimate of drug-likeness (QED) is 0.493. The van der Waals surface area contributed by atoms with E-state index in [1.165, 1.54) is 7.05 Å². The van der Waals surface area contributed by atoms with Crippen molar-refractivity contribution in [3.8, 4) is 0 Å². The fourth-order valence-corrected chi connectivity index (χ4v) is 3.54. The largest absolute Gasteiger partial charge is 0.373 e. The van der Waals surface area contributed by atoms with E-state index >= 15 is 0 Å². The minimum atomic E-state index is -3.27. The lowest BCUT2D eigenvalue weighted by Gasteiger charge is -2.24. The van der Waals surface area contributed by atoms with Gasteiger partial charge in [-0.05, 0) is 37.9 Å². The number of guanidine groups is 1. The normalized spacial score (nSPS) is 21.3. The standard InChI is InChI=1S/C17H28N4O3S/c1-17(8-5-9-24-17)13-21-16(18-2)20-11-14-6-4-7-15(10-14)12-25(22,23)19-3/h4,6-7,10,19H,5,8-9,11-13H2,1-3H3,(H2,18,20,21). The number of hydrogen-bond donors (Lipinski definition) is 3. The zero-order valence-corrected chi connectivity index (χ0v) is 15.9. The van der Waals surface area contributed by atoms with Gasteiger partial charge in [-0.1, -0.05) is 24.3 Å². The van der Waals surface area contributed by atoms with Crippen molar-refractivity contribution in [3.05, 3.63) is 35.4 Å². The molecule has 8 heteroatoms. The van der Waals surface area contributed by atoms with Gasteiger partial charge in [-0.2, -0.15) is 0 Å². The maximum absolute atomic E-state index is 11.7. The number of benzene rings is 1. The molecule has 1 unspecified atom stereocenters. The summed E-state index contributed by atoms with van der Waals surface area (Å²) in [6.07, 6.45) is 2.13. The molecule has 1 saturated heterocycles. The first-order valence-electron chi connectivity index (χ1n) is 8.43. The Morgan fingerprint density at radius 3 is 2.72 bits per heavy atom. The Labute approximate surface area is 150 Å². The van der Waals surface area contributed by atoms with E-state index in [9.17, 15) is 8.42 Å². The van der Waals surface area contributed by atoms with Gasteiger partial charge in [-0.15, -0.1) is 0 Å². The molecular formula is C17H28N4O3S. The lowest BCUT2D eigenvalue weighted by molar-refractivity contribution is 0.0243. The number of rotatable bonds is 7. The van der Waals surface area contributed by atoms with Crippen molar-refractivity contribution in [2.24, 2.45) is 4.99 Å². The fraction of sp³-hybridized carbons (Fsp3) is 0.588. The average Bonchev–Trinajstić information content (AvgIpc) is 3.02. The zero-order valence-electron chi connectivity index (χ0n) is 15.1. The first-order valence-corrected chi connectivity index (χ1v) is 10.1. The molecule has 25 heavy (non-hydrogen) atoms. The van der Waals surface area contributed by atoms with Crippen LogP contribution in [0.5, 0.6) is 0 Å². The van der Waals surface area contributed by atoms with Crippen molar-refractivity contribution in [1.82, 2.24) is 15.4 Å². The predicted molar refractivity (Wildman–Crippen MR) is 99.9 cm³/mol. The van der Waals surface area contributed by atoms with Crippen molar-refractivity contribution >= 4 is 16.0 Å². The minimum Gasteiger partial charge on any atom is -0.373 e.